The summed E-state index contributed by atoms with van der Waals surface area (Å²) >= 11 is 16.8. The van der Waals surface area contributed by atoms with Crippen molar-refractivity contribution in [3.8, 4) is 17.0 Å². The van der Waals surface area contributed by atoms with Crippen LogP contribution in [0.1, 0.15) is 15.9 Å². The first-order chi connectivity index (χ1) is 20.8. The minimum Gasteiger partial charge on any atom is -0.483 e. The maximum atomic E-state index is 12.7. The fourth-order valence-corrected chi connectivity index (χ4v) is 5.21. The topological polar surface area (TPSA) is 105 Å². The zero-order chi connectivity index (χ0) is 30.2. The van der Waals surface area contributed by atoms with Gasteiger partial charge in [0.05, 0.1) is 22.0 Å². The number of rotatable bonds is 10. The second-order valence-electron chi connectivity index (χ2n) is 8.95. The Bertz CT molecular complexity index is 1780. The lowest BCUT2D eigenvalue weighted by Crippen LogP contribution is -2.20. The molecule has 0 atom stereocenters. The van der Waals surface area contributed by atoms with Gasteiger partial charge in [0.1, 0.15) is 5.75 Å². The predicted octanol–water partition coefficient (Wildman–Crippen LogP) is 8.40. The Labute approximate surface area is 269 Å². The summed E-state index contributed by atoms with van der Waals surface area (Å²) in [6, 6.07) is 26.9. The van der Waals surface area contributed by atoms with Gasteiger partial charge in [0.25, 0.3) is 11.8 Å². The van der Waals surface area contributed by atoms with E-state index in [1.807, 2.05) is 47.8 Å². The molecular formula is C31H22BrCl2N5O3S. The molecule has 0 spiro atoms. The van der Waals surface area contributed by atoms with E-state index in [1.54, 1.807) is 48.5 Å². The fourth-order valence-electron chi connectivity index (χ4n) is 3.79. The molecule has 2 amide bonds. The smallest absolute Gasteiger partial charge is 0.271 e. The maximum absolute atomic E-state index is 12.7. The number of hydrogen-bond acceptors (Lipinski definition) is 7. The second-order valence-corrected chi connectivity index (χ2v) is 11.5. The first kappa shape index (κ1) is 30.2. The molecule has 0 aliphatic rings. The number of hydrogen-bond donors (Lipinski definition) is 3. The largest absolute Gasteiger partial charge is 0.483 e. The van der Waals surface area contributed by atoms with E-state index in [-0.39, 0.29) is 18.4 Å². The van der Waals surface area contributed by atoms with E-state index in [0.29, 0.717) is 32.6 Å². The van der Waals surface area contributed by atoms with Crippen LogP contribution in [0.4, 0.5) is 16.5 Å². The second kappa shape index (κ2) is 14.3. The Morgan fingerprint density at radius 3 is 2.49 bits per heavy atom. The molecule has 216 valence electrons. The number of benzene rings is 4. The number of ether oxygens (including phenoxy) is 1. The third kappa shape index (κ3) is 8.42. The number of halogens is 3. The normalized spacial score (nSPS) is 10.9. The Balaban J connectivity index is 1.16. The monoisotopic (exact) mass is 693 g/mol. The number of para-hydroxylation sites is 1. The van der Waals surface area contributed by atoms with Gasteiger partial charge in [-0.25, -0.2) is 10.4 Å². The van der Waals surface area contributed by atoms with Gasteiger partial charge in [-0.15, -0.1) is 11.3 Å². The highest BCUT2D eigenvalue weighted by Crippen LogP contribution is 2.28. The number of nitrogens with zero attached hydrogens (tertiary/aromatic N) is 2. The number of carbonyl (C=O) groups is 2. The van der Waals surface area contributed by atoms with Gasteiger partial charge in [-0.3, -0.25) is 9.59 Å². The first-order valence-electron chi connectivity index (χ1n) is 12.7. The van der Waals surface area contributed by atoms with Gasteiger partial charge in [0, 0.05) is 37.9 Å². The molecule has 0 aliphatic heterocycles. The number of nitrogens with one attached hydrogen (secondary N) is 3. The van der Waals surface area contributed by atoms with Gasteiger partial charge >= 0.3 is 0 Å². The number of hydrazone groups is 1. The van der Waals surface area contributed by atoms with E-state index < -0.39 is 0 Å². The number of amides is 2. The molecule has 1 aromatic heterocycles. The Morgan fingerprint density at radius 2 is 1.72 bits per heavy atom. The van der Waals surface area contributed by atoms with Crippen LogP contribution in [0.3, 0.4) is 0 Å². The summed E-state index contributed by atoms with van der Waals surface area (Å²) in [5.74, 6) is -0.368. The number of aromatic nitrogens is 1. The van der Waals surface area contributed by atoms with Crippen LogP contribution in [0.5, 0.6) is 5.75 Å². The zero-order valence-electron chi connectivity index (χ0n) is 22.2. The van der Waals surface area contributed by atoms with E-state index in [0.717, 1.165) is 26.5 Å². The van der Waals surface area contributed by atoms with Crippen LogP contribution in [0.15, 0.2) is 106 Å². The average molecular weight is 695 g/mol. The van der Waals surface area contributed by atoms with Crippen LogP contribution in [0.2, 0.25) is 10.0 Å². The average Bonchev–Trinajstić information content (AvgIpc) is 3.47. The molecule has 0 fully saturated rings. The van der Waals surface area contributed by atoms with Crippen molar-refractivity contribution in [2.45, 2.75) is 0 Å². The molecule has 12 heteroatoms. The van der Waals surface area contributed by atoms with E-state index >= 15 is 0 Å². The van der Waals surface area contributed by atoms with Gasteiger partial charge in [0.15, 0.2) is 11.7 Å². The summed E-state index contributed by atoms with van der Waals surface area (Å²) in [7, 11) is 0. The maximum Gasteiger partial charge on any atom is 0.271 e. The lowest BCUT2D eigenvalue weighted by atomic mass is 10.1. The van der Waals surface area contributed by atoms with E-state index in [1.165, 1.54) is 17.6 Å². The number of thiazole rings is 1. The van der Waals surface area contributed by atoms with Crippen LogP contribution in [-0.2, 0) is 4.79 Å². The molecular weight excluding hydrogens is 673 g/mol. The molecule has 43 heavy (non-hydrogen) atoms. The highest BCUT2D eigenvalue weighted by Gasteiger charge is 2.11. The molecule has 0 bridgehead atoms. The summed E-state index contributed by atoms with van der Waals surface area (Å²) in [6.45, 7) is -0.260. The Hall–Kier alpha value is -4.22. The van der Waals surface area contributed by atoms with Crippen molar-refractivity contribution in [3.05, 3.63) is 122 Å². The summed E-state index contributed by atoms with van der Waals surface area (Å²) in [6.07, 6.45) is 1.44. The zero-order valence-corrected chi connectivity index (χ0v) is 26.1. The summed E-state index contributed by atoms with van der Waals surface area (Å²) in [4.78, 5) is 29.7. The van der Waals surface area contributed by atoms with Crippen molar-refractivity contribution in [3.63, 3.8) is 0 Å². The van der Waals surface area contributed by atoms with Gasteiger partial charge in [-0.1, -0.05) is 69.5 Å². The van der Waals surface area contributed by atoms with Crippen molar-refractivity contribution in [1.82, 2.24) is 10.4 Å². The van der Waals surface area contributed by atoms with Crippen molar-refractivity contribution in [2.75, 3.05) is 17.2 Å². The molecule has 0 aliphatic carbocycles. The van der Waals surface area contributed by atoms with Gasteiger partial charge < -0.3 is 15.4 Å². The fraction of sp³-hybridized carbons (Fsp3) is 0.0323. The van der Waals surface area contributed by atoms with Crippen LogP contribution in [0, 0.1) is 0 Å². The van der Waals surface area contributed by atoms with E-state index in [9.17, 15) is 9.59 Å². The lowest BCUT2D eigenvalue weighted by molar-refractivity contribution is -0.118. The minimum absolute atomic E-state index is 0.260. The van der Waals surface area contributed by atoms with Crippen LogP contribution in [0.25, 0.3) is 11.3 Å². The summed E-state index contributed by atoms with van der Waals surface area (Å²) in [5.41, 5.74) is 6.66. The number of carbonyl (C=O) groups excluding carboxylic acids is 2. The van der Waals surface area contributed by atoms with Crippen LogP contribution < -0.4 is 20.8 Å². The van der Waals surface area contributed by atoms with Gasteiger partial charge in [-0.2, -0.15) is 5.10 Å². The van der Waals surface area contributed by atoms with Crippen molar-refractivity contribution >= 4 is 85.0 Å². The molecule has 0 saturated heterocycles. The molecule has 5 rings (SSSR count). The first-order valence-corrected chi connectivity index (χ1v) is 15.2. The Kier molecular flexibility index (Phi) is 10.1. The quantitative estimate of drug-likeness (QED) is 0.101. The van der Waals surface area contributed by atoms with Gasteiger partial charge in [-0.05, 0) is 60.7 Å². The lowest BCUT2D eigenvalue weighted by Gasteiger charge is -2.10. The van der Waals surface area contributed by atoms with Crippen molar-refractivity contribution < 1.29 is 14.3 Å². The molecule has 1 heterocycles. The third-order valence-corrected chi connectivity index (χ3v) is 7.87. The summed E-state index contributed by atoms with van der Waals surface area (Å²) < 4.78 is 6.48. The van der Waals surface area contributed by atoms with Gasteiger partial charge in [0.2, 0.25) is 0 Å². The Morgan fingerprint density at radius 1 is 0.930 bits per heavy atom. The molecule has 4 aromatic carbocycles. The SMILES string of the molecule is O=C(COc1ccc(Br)cc1/C=N/NC(=O)c1ccc(-c2csc(Nc3ccccc3)n2)cc1)Nc1ccc(Cl)c(Cl)c1. The molecule has 0 unspecified atom stereocenters. The molecule has 8 nitrogen and oxygen atoms in total. The summed E-state index contributed by atoms with van der Waals surface area (Å²) in [5, 5.41) is 13.5. The molecule has 0 saturated carbocycles. The third-order valence-electron chi connectivity index (χ3n) is 5.88. The van der Waals surface area contributed by atoms with E-state index in [4.69, 9.17) is 27.9 Å². The molecule has 5 aromatic rings. The number of anilines is 3. The van der Waals surface area contributed by atoms with Crippen molar-refractivity contribution in [2.24, 2.45) is 5.10 Å². The minimum atomic E-state index is -0.387. The van der Waals surface area contributed by atoms with Crippen LogP contribution >= 0.6 is 50.5 Å². The highest BCUT2D eigenvalue weighted by atomic mass is 79.9. The molecule has 0 radical (unpaired) electrons. The van der Waals surface area contributed by atoms with Crippen molar-refractivity contribution in [1.29, 1.82) is 0 Å². The molecule has 3 N–H and O–H groups in total. The highest BCUT2D eigenvalue weighted by molar-refractivity contribution is 9.10. The predicted molar refractivity (Wildman–Crippen MR) is 177 cm³/mol. The standard InChI is InChI=1S/C31H22BrCl2N5O3S/c32-22-10-13-28(42-17-29(40)36-24-11-12-25(33)26(34)15-24)21(14-22)16-35-39-30(41)20-8-6-19(7-9-20)27-18-43-31(38-27)37-23-4-2-1-3-5-23/h1-16,18H,17H2,(H,36,40)(H,37,38)(H,39,41)/b35-16+. The van der Waals surface area contributed by atoms with Crippen LogP contribution in [-0.4, -0.2) is 29.6 Å². The van der Waals surface area contributed by atoms with E-state index in [2.05, 4.69) is 42.1 Å².